The molecule has 0 fully saturated rings. The molecule has 0 unspecified atom stereocenters. The van der Waals surface area contributed by atoms with Crippen LogP contribution in [0.2, 0.25) is 0 Å². The van der Waals surface area contributed by atoms with E-state index in [2.05, 4.69) is 0 Å². The second-order valence-corrected chi connectivity index (χ2v) is 6.20. The largest absolute Gasteiger partial charge is 0.478 e. The number of carbonyl (C=O) groups is 1. The Hall–Kier alpha value is -1.30. The van der Waals surface area contributed by atoms with Crippen molar-refractivity contribution in [1.29, 1.82) is 0 Å². The van der Waals surface area contributed by atoms with E-state index >= 15 is 0 Å². The Kier molecular flexibility index (Phi) is 3.83. The Morgan fingerprint density at radius 2 is 2.00 bits per heavy atom. The number of benzene rings is 1. The van der Waals surface area contributed by atoms with Crippen molar-refractivity contribution in [1.82, 2.24) is 0 Å². The van der Waals surface area contributed by atoms with Gasteiger partial charge >= 0.3 is 5.97 Å². The highest BCUT2D eigenvalue weighted by molar-refractivity contribution is 7.79. The molecule has 1 aromatic carbocycles. The van der Waals surface area contributed by atoms with Gasteiger partial charge in [-0.2, -0.15) is 0 Å². The van der Waals surface area contributed by atoms with Gasteiger partial charge in [0.05, 0.1) is 5.56 Å². The van der Waals surface area contributed by atoms with Crippen molar-refractivity contribution in [3.8, 4) is 0 Å². The van der Waals surface area contributed by atoms with Crippen LogP contribution in [0.1, 0.15) is 20.8 Å². The molecule has 5 heteroatoms. The summed E-state index contributed by atoms with van der Waals surface area (Å²) in [5.74, 6) is -0.914. The lowest BCUT2D eigenvalue weighted by molar-refractivity contribution is 0.0696. The quantitative estimate of drug-likeness (QED) is 0.668. The monoisotopic (exact) mass is 280 g/mol. The van der Waals surface area contributed by atoms with Gasteiger partial charge in [0.1, 0.15) is 3.82 Å². The SMILES string of the molecule is O=C(O)c1ccccc1C=Cc1cc(=S)ss1. The fourth-order valence-corrected chi connectivity index (χ4v) is 3.55. The van der Waals surface area contributed by atoms with Crippen molar-refractivity contribution in [3.63, 3.8) is 0 Å². The van der Waals surface area contributed by atoms with Gasteiger partial charge in [0.15, 0.2) is 0 Å². The maximum absolute atomic E-state index is 11.0. The summed E-state index contributed by atoms with van der Waals surface area (Å²) in [6.45, 7) is 0. The Bertz CT molecular complexity index is 622. The molecule has 0 radical (unpaired) electrons. The maximum atomic E-state index is 11.0. The number of carboxylic acid groups (broad SMARTS) is 1. The Morgan fingerprint density at radius 3 is 2.65 bits per heavy atom. The number of rotatable bonds is 3. The topological polar surface area (TPSA) is 37.3 Å². The van der Waals surface area contributed by atoms with E-state index in [9.17, 15) is 4.79 Å². The zero-order valence-corrected chi connectivity index (χ0v) is 11.1. The van der Waals surface area contributed by atoms with Gasteiger partial charge in [-0.3, -0.25) is 0 Å². The van der Waals surface area contributed by atoms with E-state index in [-0.39, 0.29) is 0 Å². The summed E-state index contributed by atoms with van der Waals surface area (Å²) < 4.78 is 0.848. The van der Waals surface area contributed by atoms with Crippen LogP contribution >= 0.6 is 32.9 Å². The van der Waals surface area contributed by atoms with E-state index in [1.54, 1.807) is 34.6 Å². The molecule has 0 saturated heterocycles. The summed E-state index contributed by atoms with van der Waals surface area (Å²) in [4.78, 5) is 12.0. The lowest BCUT2D eigenvalue weighted by Gasteiger charge is -1.99. The molecule has 0 amide bonds. The van der Waals surface area contributed by atoms with Gasteiger partial charge in [0.25, 0.3) is 0 Å². The van der Waals surface area contributed by atoms with E-state index in [4.69, 9.17) is 17.3 Å². The molecular formula is C12H8O2S3. The van der Waals surface area contributed by atoms with E-state index in [1.165, 1.54) is 10.3 Å². The average molecular weight is 280 g/mol. The fraction of sp³-hybridized carbons (Fsp3) is 0. The van der Waals surface area contributed by atoms with Crippen LogP contribution in [-0.4, -0.2) is 11.1 Å². The highest BCUT2D eigenvalue weighted by atomic mass is 32.9. The first-order valence-electron chi connectivity index (χ1n) is 4.77. The van der Waals surface area contributed by atoms with Crippen LogP contribution in [0, 0.1) is 3.82 Å². The van der Waals surface area contributed by atoms with Gasteiger partial charge in [-0.15, -0.1) is 0 Å². The minimum atomic E-state index is -0.914. The van der Waals surface area contributed by atoms with Crippen LogP contribution < -0.4 is 0 Å². The summed E-state index contributed by atoms with van der Waals surface area (Å²) >= 11 is 5.03. The normalized spacial score (nSPS) is 10.8. The van der Waals surface area contributed by atoms with Crippen LogP contribution in [0.15, 0.2) is 30.3 Å². The minimum Gasteiger partial charge on any atom is -0.478 e. The molecule has 0 spiro atoms. The number of hydrogen-bond donors (Lipinski definition) is 1. The third-order valence-electron chi connectivity index (χ3n) is 2.10. The molecule has 0 aliphatic rings. The summed E-state index contributed by atoms with van der Waals surface area (Å²) in [6, 6.07) is 8.82. The molecule has 2 aromatic rings. The lowest BCUT2D eigenvalue weighted by atomic mass is 10.1. The molecule has 1 heterocycles. The first-order valence-corrected chi connectivity index (χ1v) is 7.33. The molecular weight excluding hydrogens is 272 g/mol. The van der Waals surface area contributed by atoms with Crippen molar-refractivity contribution < 1.29 is 9.90 Å². The van der Waals surface area contributed by atoms with Gasteiger partial charge in [-0.05, 0) is 23.8 Å². The standard InChI is InChI=1S/C12H8O2S3/c13-12(14)10-4-2-1-3-8(10)5-6-9-7-11(15)17-16-9/h1-7H,(H,13,14). The van der Waals surface area contributed by atoms with Crippen LogP contribution in [0.25, 0.3) is 12.2 Å². The highest BCUT2D eigenvalue weighted by Crippen LogP contribution is 2.21. The molecule has 0 bridgehead atoms. The molecule has 0 aliphatic carbocycles. The average Bonchev–Trinajstić information content (AvgIpc) is 2.73. The van der Waals surface area contributed by atoms with Crippen molar-refractivity contribution >= 4 is 51.0 Å². The summed E-state index contributed by atoms with van der Waals surface area (Å²) in [6.07, 6.45) is 3.69. The van der Waals surface area contributed by atoms with E-state index in [1.807, 2.05) is 18.2 Å². The zero-order chi connectivity index (χ0) is 12.3. The smallest absolute Gasteiger partial charge is 0.336 e. The fourth-order valence-electron chi connectivity index (χ4n) is 1.34. The Morgan fingerprint density at radius 1 is 1.24 bits per heavy atom. The van der Waals surface area contributed by atoms with Gasteiger partial charge in [0, 0.05) is 4.88 Å². The molecule has 1 aromatic heterocycles. The second kappa shape index (κ2) is 5.35. The second-order valence-electron chi connectivity index (χ2n) is 3.26. The van der Waals surface area contributed by atoms with Crippen LogP contribution in [0.4, 0.5) is 0 Å². The maximum Gasteiger partial charge on any atom is 0.336 e. The van der Waals surface area contributed by atoms with Crippen LogP contribution in [-0.2, 0) is 0 Å². The summed E-state index contributed by atoms with van der Waals surface area (Å²) in [5, 5.41) is 9.02. The van der Waals surface area contributed by atoms with Gasteiger partial charge < -0.3 is 5.11 Å². The summed E-state index contributed by atoms with van der Waals surface area (Å²) in [7, 11) is 3.13. The molecule has 0 saturated carbocycles. The molecule has 86 valence electrons. The molecule has 2 rings (SSSR count). The molecule has 0 aliphatic heterocycles. The van der Waals surface area contributed by atoms with Gasteiger partial charge in [0.2, 0.25) is 0 Å². The predicted molar refractivity (Wildman–Crippen MR) is 75.4 cm³/mol. The molecule has 1 N–H and O–H groups in total. The van der Waals surface area contributed by atoms with Crippen molar-refractivity contribution in [3.05, 3.63) is 50.2 Å². The van der Waals surface area contributed by atoms with Crippen LogP contribution in [0.3, 0.4) is 0 Å². The minimum absolute atomic E-state index is 0.308. The number of carboxylic acids is 1. The van der Waals surface area contributed by atoms with Gasteiger partial charge in [-0.25, -0.2) is 4.79 Å². The Balaban J connectivity index is 2.33. The molecule has 0 atom stereocenters. The van der Waals surface area contributed by atoms with Crippen molar-refractivity contribution in [2.75, 3.05) is 0 Å². The number of hydrogen-bond acceptors (Lipinski definition) is 4. The molecule has 17 heavy (non-hydrogen) atoms. The Labute approximate surface area is 111 Å². The van der Waals surface area contributed by atoms with Gasteiger partial charge in [-0.1, -0.05) is 57.2 Å². The lowest BCUT2D eigenvalue weighted by Crippen LogP contribution is -1.98. The van der Waals surface area contributed by atoms with Crippen molar-refractivity contribution in [2.45, 2.75) is 0 Å². The summed E-state index contributed by atoms with van der Waals surface area (Å²) in [5.41, 5.74) is 1.01. The van der Waals surface area contributed by atoms with E-state index in [0.717, 1.165) is 8.70 Å². The third kappa shape index (κ3) is 3.09. The molecule has 2 nitrogen and oxygen atoms in total. The predicted octanol–water partition coefficient (Wildman–Crippen LogP) is 4.41. The van der Waals surface area contributed by atoms with Crippen LogP contribution in [0.5, 0.6) is 0 Å². The third-order valence-corrected chi connectivity index (χ3v) is 4.96. The van der Waals surface area contributed by atoms with E-state index in [0.29, 0.717) is 11.1 Å². The zero-order valence-electron chi connectivity index (χ0n) is 8.62. The first kappa shape index (κ1) is 12.2. The van der Waals surface area contributed by atoms with E-state index < -0.39 is 5.97 Å². The van der Waals surface area contributed by atoms with Crippen molar-refractivity contribution in [2.24, 2.45) is 0 Å². The number of aromatic carboxylic acids is 1. The first-order chi connectivity index (χ1) is 8.16. The highest BCUT2D eigenvalue weighted by Gasteiger charge is 2.05.